The molecular formula is C34H40F2N2O5. The molecule has 0 saturated carbocycles. The molecule has 43 heavy (non-hydrogen) atoms. The number of amides is 1. The van der Waals surface area contributed by atoms with Crippen molar-refractivity contribution in [2.24, 2.45) is 7.05 Å². The van der Waals surface area contributed by atoms with Gasteiger partial charge in [-0.15, -0.1) is 0 Å². The number of carbonyl (C=O) groups is 3. The maximum Gasteiger partial charge on any atom is 0.311 e. The molecule has 0 aliphatic carbocycles. The average molecular weight is 595 g/mol. The summed E-state index contributed by atoms with van der Waals surface area (Å²) < 4.78 is 39.5. The number of hydrogen-bond acceptors (Lipinski definition) is 5. The summed E-state index contributed by atoms with van der Waals surface area (Å²) in [6.07, 6.45) is 5.48. The third-order valence-corrected chi connectivity index (χ3v) is 7.14. The van der Waals surface area contributed by atoms with Crippen LogP contribution in [0.25, 0.3) is 5.76 Å². The molecule has 7 nitrogen and oxygen atoms in total. The van der Waals surface area contributed by atoms with Crippen LogP contribution in [0, 0.1) is 11.6 Å². The number of carbonyl (C=O) groups excluding carboxylic acids is 3. The average Bonchev–Trinajstić information content (AvgIpc) is 3.32. The van der Waals surface area contributed by atoms with E-state index in [1.54, 1.807) is 24.3 Å². The van der Waals surface area contributed by atoms with E-state index >= 15 is 0 Å². The fourth-order valence-electron chi connectivity index (χ4n) is 4.79. The van der Waals surface area contributed by atoms with Crippen molar-refractivity contribution in [3.05, 3.63) is 101 Å². The summed E-state index contributed by atoms with van der Waals surface area (Å²) in [7, 11) is 1.88. The van der Waals surface area contributed by atoms with Crippen LogP contribution in [0.5, 0.6) is 0 Å². The zero-order chi connectivity index (χ0) is 31.4. The fourth-order valence-corrected chi connectivity index (χ4v) is 4.79. The largest absolute Gasteiger partial charge is 0.463 e. The Balaban J connectivity index is 1.73. The van der Waals surface area contributed by atoms with Gasteiger partial charge in [0.2, 0.25) is 5.91 Å². The van der Waals surface area contributed by atoms with Crippen molar-refractivity contribution in [2.45, 2.75) is 71.3 Å². The van der Waals surface area contributed by atoms with Crippen LogP contribution < -0.4 is 5.32 Å². The quantitative estimate of drug-likeness (QED) is 0.166. The number of aryl methyl sites for hydroxylation is 3. The Morgan fingerprint density at radius 1 is 0.884 bits per heavy atom. The minimum absolute atomic E-state index is 0.0449. The van der Waals surface area contributed by atoms with Crippen molar-refractivity contribution in [3.63, 3.8) is 0 Å². The van der Waals surface area contributed by atoms with Gasteiger partial charge >= 0.3 is 11.9 Å². The predicted molar refractivity (Wildman–Crippen MR) is 161 cm³/mol. The minimum Gasteiger partial charge on any atom is -0.463 e. The highest BCUT2D eigenvalue weighted by Crippen LogP contribution is 2.24. The van der Waals surface area contributed by atoms with Gasteiger partial charge in [-0.05, 0) is 99.0 Å². The standard InChI is InChI=1S/C34H40F2N2O5/c1-24(39)37-34(3,23-42-25(2)40)22-21-30-19-20-31(38(30)4)32(9-5-7-26-11-15-28(35)16-12-26)43-33(41)10-6-8-27-13-17-29(36)18-14-27/h9,11-20H,5-8,10,21-23H2,1-4H3,(H,37,39)/t34-/m1/s1. The number of rotatable bonds is 15. The number of ether oxygens (including phenoxy) is 2. The molecule has 9 heteroatoms. The number of halogens is 2. The van der Waals surface area contributed by atoms with E-state index in [2.05, 4.69) is 5.32 Å². The van der Waals surface area contributed by atoms with E-state index in [0.29, 0.717) is 50.0 Å². The van der Waals surface area contributed by atoms with Gasteiger partial charge in [-0.3, -0.25) is 14.4 Å². The SMILES string of the molecule is CC(=O)N[C@](C)(CCc1ccc(C(=CCCc2ccc(F)cc2)OC(=O)CCCc2ccc(F)cc2)n1C)COC(C)=O. The Morgan fingerprint density at radius 3 is 2.07 bits per heavy atom. The smallest absolute Gasteiger partial charge is 0.311 e. The number of nitrogens with one attached hydrogen (secondary N) is 1. The van der Waals surface area contributed by atoms with E-state index in [1.807, 2.05) is 36.7 Å². The zero-order valence-corrected chi connectivity index (χ0v) is 25.3. The lowest BCUT2D eigenvalue weighted by molar-refractivity contribution is -0.144. The van der Waals surface area contributed by atoms with Crippen LogP contribution in [-0.4, -0.2) is 34.6 Å². The zero-order valence-electron chi connectivity index (χ0n) is 25.3. The first-order chi connectivity index (χ1) is 20.4. The molecule has 230 valence electrons. The number of esters is 2. The molecule has 1 atom stereocenters. The van der Waals surface area contributed by atoms with Crippen molar-refractivity contribution in [2.75, 3.05) is 6.61 Å². The van der Waals surface area contributed by atoms with Gasteiger partial charge < -0.3 is 19.4 Å². The summed E-state index contributed by atoms with van der Waals surface area (Å²) >= 11 is 0. The molecule has 0 bridgehead atoms. The second-order valence-corrected chi connectivity index (χ2v) is 11.0. The maximum atomic E-state index is 13.3. The molecule has 1 amide bonds. The molecule has 3 aromatic rings. The third-order valence-electron chi connectivity index (χ3n) is 7.14. The predicted octanol–water partition coefficient (Wildman–Crippen LogP) is 6.23. The molecule has 0 saturated heterocycles. The van der Waals surface area contributed by atoms with Crippen LogP contribution in [-0.2, 0) is 50.2 Å². The topological polar surface area (TPSA) is 86.6 Å². The summed E-state index contributed by atoms with van der Waals surface area (Å²) in [5.41, 5.74) is 2.79. The number of hydrogen-bond donors (Lipinski definition) is 1. The summed E-state index contributed by atoms with van der Waals surface area (Å²) in [5, 5.41) is 2.89. The number of nitrogens with zero attached hydrogens (tertiary/aromatic N) is 1. The normalized spacial score (nSPS) is 12.8. The highest BCUT2D eigenvalue weighted by atomic mass is 19.1. The molecule has 0 spiro atoms. The Hall–Kier alpha value is -4.27. The molecule has 1 N–H and O–H groups in total. The number of aromatic nitrogens is 1. The molecule has 1 aromatic heterocycles. The maximum absolute atomic E-state index is 13.3. The highest BCUT2D eigenvalue weighted by molar-refractivity contribution is 5.77. The lowest BCUT2D eigenvalue weighted by atomic mass is 9.95. The Kier molecular flexibility index (Phi) is 12.2. The molecular weight excluding hydrogens is 554 g/mol. The first-order valence-corrected chi connectivity index (χ1v) is 14.4. The van der Waals surface area contributed by atoms with E-state index in [0.717, 1.165) is 16.8 Å². The minimum atomic E-state index is -0.757. The molecule has 0 aliphatic heterocycles. The van der Waals surface area contributed by atoms with E-state index in [9.17, 15) is 23.2 Å². The first-order valence-electron chi connectivity index (χ1n) is 14.4. The van der Waals surface area contributed by atoms with Gasteiger partial charge in [-0.1, -0.05) is 24.3 Å². The van der Waals surface area contributed by atoms with Crippen molar-refractivity contribution >= 4 is 23.6 Å². The second-order valence-electron chi connectivity index (χ2n) is 11.0. The van der Waals surface area contributed by atoms with Crippen molar-refractivity contribution in [3.8, 4) is 0 Å². The highest BCUT2D eigenvalue weighted by Gasteiger charge is 2.27. The monoisotopic (exact) mass is 594 g/mol. The Morgan fingerprint density at radius 2 is 1.49 bits per heavy atom. The van der Waals surface area contributed by atoms with Gasteiger partial charge in [-0.2, -0.15) is 0 Å². The number of benzene rings is 2. The molecule has 3 rings (SSSR count). The molecule has 0 aliphatic rings. The van der Waals surface area contributed by atoms with Crippen LogP contribution in [0.4, 0.5) is 8.78 Å². The van der Waals surface area contributed by atoms with Crippen LogP contribution in [0.15, 0.2) is 66.7 Å². The van der Waals surface area contributed by atoms with Crippen LogP contribution >= 0.6 is 0 Å². The van der Waals surface area contributed by atoms with Gasteiger partial charge in [-0.25, -0.2) is 8.78 Å². The van der Waals surface area contributed by atoms with E-state index in [-0.39, 0.29) is 36.5 Å². The van der Waals surface area contributed by atoms with Gasteiger partial charge in [0.25, 0.3) is 0 Å². The molecule has 1 heterocycles. The summed E-state index contributed by atoms with van der Waals surface area (Å²) in [6.45, 7) is 4.62. The summed E-state index contributed by atoms with van der Waals surface area (Å²) in [4.78, 5) is 36.1. The molecule has 0 fully saturated rings. The van der Waals surface area contributed by atoms with Gasteiger partial charge in [0, 0.05) is 33.0 Å². The fraction of sp³-hybridized carbons (Fsp3) is 0.382. The molecule has 2 aromatic carbocycles. The van der Waals surface area contributed by atoms with E-state index in [1.165, 1.54) is 38.1 Å². The van der Waals surface area contributed by atoms with Gasteiger partial charge in [0.05, 0.1) is 11.2 Å². The van der Waals surface area contributed by atoms with Crippen molar-refractivity contribution < 1.29 is 32.6 Å². The molecule has 0 unspecified atom stereocenters. The lowest BCUT2D eigenvalue weighted by Crippen LogP contribution is -2.49. The van der Waals surface area contributed by atoms with Crippen molar-refractivity contribution in [1.82, 2.24) is 9.88 Å². The van der Waals surface area contributed by atoms with Gasteiger partial charge in [0.15, 0.2) is 5.76 Å². The van der Waals surface area contributed by atoms with Crippen LogP contribution in [0.1, 0.15) is 69.0 Å². The van der Waals surface area contributed by atoms with E-state index in [4.69, 9.17) is 9.47 Å². The summed E-state index contributed by atoms with van der Waals surface area (Å²) in [6, 6.07) is 16.3. The van der Waals surface area contributed by atoms with Crippen LogP contribution in [0.3, 0.4) is 0 Å². The third kappa shape index (κ3) is 11.1. The lowest BCUT2D eigenvalue weighted by Gasteiger charge is -2.30. The summed E-state index contributed by atoms with van der Waals surface area (Å²) in [5.74, 6) is -1.20. The Labute approximate surface area is 251 Å². The van der Waals surface area contributed by atoms with E-state index < -0.39 is 11.5 Å². The first kappa shape index (κ1) is 33.2. The van der Waals surface area contributed by atoms with Crippen LogP contribution in [0.2, 0.25) is 0 Å². The Bertz CT molecular complexity index is 1410. The van der Waals surface area contributed by atoms with Crippen molar-refractivity contribution in [1.29, 1.82) is 0 Å². The molecule has 0 radical (unpaired) electrons. The second kappa shape index (κ2) is 15.8. The number of allylic oxidation sites excluding steroid dienone is 1. The van der Waals surface area contributed by atoms with Gasteiger partial charge in [0.1, 0.15) is 18.2 Å².